The lowest BCUT2D eigenvalue weighted by atomic mass is 10.3. The van der Waals surface area contributed by atoms with Crippen LogP contribution in [0, 0.1) is 5.82 Å². The van der Waals surface area contributed by atoms with Crippen LogP contribution in [0.15, 0.2) is 29.2 Å². The maximum atomic E-state index is 12.8. The fraction of sp³-hybridized carbons (Fsp3) is 0.400. The van der Waals surface area contributed by atoms with Crippen molar-refractivity contribution in [3.63, 3.8) is 0 Å². The van der Waals surface area contributed by atoms with Crippen LogP contribution in [0.1, 0.15) is 12.8 Å². The average molecular weight is 310 g/mol. The van der Waals surface area contributed by atoms with Gasteiger partial charge in [-0.25, -0.2) is 17.5 Å². The van der Waals surface area contributed by atoms with Gasteiger partial charge in [0.05, 0.1) is 4.90 Å². The number of alkyl halides is 1. The average Bonchev–Trinajstić information content (AvgIpc) is 2.24. The zero-order valence-electron chi connectivity index (χ0n) is 8.62. The summed E-state index contributed by atoms with van der Waals surface area (Å²) >= 11 is 3.26. The highest BCUT2D eigenvalue weighted by atomic mass is 79.9. The SMILES string of the molecule is O=S(=O)(NCCCCBr)c1cccc(F)c1. The fourth-order valence-corrected chi connectivity index (χ4v) is 2.65. The summed E-state index contributed by atoms with van der Waals surface area (Å²) in [4.78, 5) is -0.0358. The van der Waals surface area contributed by atoms with E-state index in [1.807, 2.05) is 0 Å². The summed E-state index contributed by atoms with van der Waals surface area (Å²) in [7, 11) is -3.57. The molecule has 0 aliphatic heterocycles. The van der Waals surface area contributed by atoms with Crippen molar-refractivity contribution in [1.82, 2.24) is 4.72 Å². The molecule has 0 spiro atoms. The van der Waals surface area contributed by atoms with Crippen molar-refractivity contribution < 1.29 is 12.8 Å². The topological polar surface area (TPSA) is 46.2 Å². The van der Waals surface area contributed by atoms with Crippen molar-refractivity contribution in [2.24, 2.45) is 0 Å². The standard InChI is InChI=1S/C10H13BrFNO2S/c11-6-1-2-7-13-16(14,15)10-5-3-4-9(12)8-10/h3-5,8,13H,1-2,6-7H2. The number of benzene rings is 1. The van der Waals surface area contributed by atoms with E-state index in [0.29, 0.717) is 6.54 Å². The molecule has 0 saturated heterocycles. The summed E-state index contributed by atoms with van der Waals surface area (Å²) in [6.45, 7) is 0.366. The second-order valence-electron chi connectivity index (χ2n) is 3.25. The Labute approximate surface area is 103 Å². The van der Waals surface area contributed by atoms with Gasteiger partial charge in [0, 0.05) is 11.9 Å². The third kappa shape index (κ3) is 4.19. The predicted octanol–water partition coefficient (Wildman–Crippen LogP) is 2.28. The van der Waals surface area contributed by atoms with E-state index in [-0.39, 0.29) is 4.90 Å². The summed E-state index contributed by atoms with van der Waals surface area (Å²) in [6, 6.07) is 4.97. The second kappa shape index (κ2) is 6.32. The Bertz CT molecular complexity index is 436. The molecular formula is C10H13BrFNO2S. The molecule has 1 rings (SSSR count). The Morgan fingerprint density at radius 1 is 1.31 bits per heavy atom. The van der Waals surface area contributed by atoms with Gasteiger partial charge in [0.1, 0.15) is 5.82 Å². The molecule has 1 aromatic rings. The van der Waals surface area contributed by atoms with Crippen LogP contribution in [0.2, 0.25) is 0 Å². The number of sulfonamides is 1. The third-order valence-corrected chi connectivity index (χ3v) is 3.98. The normalized spacial score (nSPS) is 11.6. The molecule has 0 saturated carbocycles. The molecule has 90 valence electrons. The Morgan fingerprint density at radius 2 is 2.06 bits per heavy atom. The first-order chi connectivity index (χ1) is 7.56. The molecule has 0 aliphatic carbocycles. The number of hydrogen-bond acceptors (Lipinski definition) is 2. The van der Waals surface area contributed by atoms with Crippen molar-refractivity contribution in [3.05, 3.63) is 30.1 Å². The summed E-state index contributed by atoms with van der Waals surface area (Å²) in [5.41, 5.74) is 0. The van der Waals surface area contributed by atoms with Gasteiger partial charge in [-0.15, -0.1) is 0 Å². The highest BCUT2D eigenvalue weighted by Crippen LogP contribution is 2.10. The molecule has 0 aromatic heterocycles. The van der Waals surface area contributed by atoms with Crippen molar-refractivity contribution in [2.75, 3.05) is 11.9 Å². The smallest absolute Gasteiger partial charge is 0.211 e. The van der Waals surface area contributed by atoms with Crippen molar-refractivity contribution >= 4 is 26.0 Å². The Hall–Kier alpha value is -0.460. The van der Waals surface area contributed by atoms with E-state index in [9.17, 15) is 12.8 Å². The lowest BCUT2D eigenvalue weighted by molar-refractivity contribution is 0.575. The van der Waals surface area contributed by atoms with E-state index in [1.54, 1.807) is 0 Å². The van der Waals surface area contributed by atoms with E-state index in [2.05, 4.69) is 20.7 Å². The molecule has 3 nitrogen and oxygen atoms in total. The fourth-order valence-electron chi connectivity index (χ4n) is 1.14. The van der Waals surface area contributed by atoms with E-state index in [0.717, 1.165) is 24.2 Å². The lowest BCUT2D eigenvalue weighted by Crippen LogP contribution is -2.24. The summed E-state index contributed by atoms with van der Waals surface area (Å²) in [5, 5.41) is 0.842. The Balaban J connectivity index is 2.64. The maximum absolute atomic E-state index is 12.8. The van der Waals surface area contributed by atoms with Gasteiger partial charge in [-0.05, 0) is 31.0 Å². The molecule has 0 heterocycles. The molecule has 0 bridgehead atoms. The van der Waals surface area contributed by atoms with Crippen LogP contribution < -0.4 is 4.72 Å². The van der Waals surface area contributed by atoms with E-state index in [1.165, 1.54) is 18.2 Å². The van der Waals surface area contributed by atoms with Gasteiger partial charge in [0.15, 0.2) is 0 Å². The van der Waals surface area contributed by atoms with Crippen molar-refractivity contribution in [1.29, 1.82) is 0 Å². The van der Waals surface area contributed by atoms with Gasteiger partial charge in [-0.2, -0.15) is 0 Å². The largest absolute Gasteiger partial charge is 0.240 e. The van der Waals surface area contributed by atoms with Gasteiger partial charge in [0.2, 0.25) is 10.0 Å². The van der Waals surface area contributed by atoms with Crippen LogP contribution in [-0.4, -0.2) is 20.3 Å². The molecule has 1 aromatic carbocycles. The van der Waals surface area contributed by atoms with Crippen LogP contribution in [0.25, 0.3) is 0 Å². The molecule has 6 heteroatoms. The number of halogens is 2. The molecular weight excluding hydrogens is 297 g/mol. The minimum absolute atomic E-state index is 0.0358. The van der Waals surface area contributed by atoms with Gasteiger partial charge >= 0.3 is 0 Å². The van der Waals surface area contributed by atoms with Gasteiger partial charge in [-0.3, -0.25) is 0 Å². The van der Waals surface area contributed by atoms with Crippen LogP contribution in [0.4, 0.5) is 4.39 Å². The third-order valence-electron chi connectivity index (χ3n) is 1.96. The molecule has 0 unspecified atom stereocenters. The van der Waals surface area contributed by atoms with Crippen LogP contribution in [0.3, 0.4) is 0 Å². The van der Waals surface area contributed by atoms with Gasteiger partial charge < -0.3 is 0 Å². The highest BCUT2D eigenvalue weighted by Gasteiger charge is 2.13. The Kier molecular flexibility index (Phi) is 5.37. The number of rotatable bonds is 6. The van der Waals surface area contributed by atoms with Crippen molar-refractivity contribution in [2.45, 2.75) is 17.7 Å². The summed E-state index contributed by atoms with van der Waals surface area (Å²) in [6.07, 6.45) is 1.64. The second-order valence-corrected chi connectivity index (χ2v) is 5.81. The maximum Gasteiger partial charge on any atom is 0.240 e. The van der Waals surface area contributed by atoms with Gasteiger partial charge in [-0.1, -0.05) is 22.0 Å². The van der Waals surface area contributed by atoms with E-state index < -0.39 is 15.8 Å². The lowest BCUT2D eigenvalue weighted by Gasteiger charge is -2.05. The number of nitrogens with one attached hydrogen (secondary N) is 1. The summed E-state index contributed by atoms with van der Waals surface area (Å²) < 4.78 is 38.6. The summed E-state index contributed by atoms with van der Waals surface area (Å²) in [5.74, 6) is -0.552. The van der Waals surface area contributed by atoms with E-state index >= 15 is 0 Å². The zero-order valence-corrected chi connectivity index (χ0v) is 11.0. The number of hydrogen-bond donors (Lipinski definition) is 1. The van der Waals surface area contributed by atoms with Crippen LogP contribution >= 0.6 is 15.9 Å². The first kappa shape index (κ1) is 13.6. The Morgan fingerprint density at radius 3 is 2.69 bits per heavy atom. The molecule has 16 heavy (non-hydrogen) atoms. The first-order valence-corrected chi connectivity index (χ1v) is 7.48. The predicted molar refractivity (Wildman–Crippen MR) is 64.6 cm³/mol. The molecule has 1 N–H and O–H groups in total. The molecule has 0 radical (unpaired) electrons. The molecule has 0 amide bonds. The zero-order chi connectivity index (χ0) is 12.0. The highest BCUT2D eigenvalue weighted by molar-refractivity contribution is 9.09. The van der Waals surface area contributed by atoms with Crippen LogP contribution in [0.5, 0.6) is 0 Å². The molecule has 0 aliphatic rings. The van der Waals surface area contributed by atoms with Crippen molar-refractivity contribution in [3.8, 4) is 0 Å². The van der Waals surface area contributed by atoms with E-state index in [4.69, 9.17) is 0 Å². The molecule has 0 atom stereocenters. The first-order valence-electron chi connectivity index (χ1n) is 4.87. The monoisotopic (exact) mass is 309 g/mol. The van der Waals surface area contributed by atoms with Crippen LogP contribution in [-0.2, 0) is 10.0 Å². The minimum atomic E-state index is -3.57. The minimum Gasteiger partial charge on any atom is -0.211 e. The van der Waals surface area contributed by atoms with Gasteiger partial charge in [0.25, 0.3) is 0 Å². The molecule has 0 fully saturated rings. The quantitative estimate of drug-likeness (QED) is 0.647. The number of unbranched alkanes of at least 4 members (excludes halogenated alkanes) is 1.